The van der Waals surface area contributed by atoms with Crippen LogP contribution >= 0.6 is 0 Å². The molecule has 3 aromatic carbocycles. The van der Waals surface area contributed by atoms with E-state index in [1.54, 1.807) is 7.11 Å². The summed E-state index contributed by atoms with van der Waals surface area (Å²) in [6, 6.07) is 27.8. The zero-order valence-corrected chi connectivity index (χ0v) is 18.7. The molecule has 0 radical (unpaired) electrons. The summed E-state index contributed by atoms with van der Waals surface area (Å²) in [4.78, 5) is 4.73. The van der Waals surface area contributed by atoms with E-state index >= 15 is 0 Å². The van der Waals surface area contributed by atoms with Crippen LogP contribution in [0.25, 0.3) is 10.9 Å². The maximum atomic E-state index is 6.18. The van der Waals surface area contributed by atoms with Gasteiger partial charge in [-0.1, -0.05) is 54.6 Å². The fraction of sp³-hybridized carbons (Fsp3) is 0.222. The normalized spacial score (nSPS) is 11.8. The molecule has 0 amide bonds. The van der Waals surface area contributed by atoms with Gasteiger partial charge in [-0.2, -0.15) is 0 Å². The second kappa shape index (κ2) is 11.3. The van der Waals surface area contributed by atoms with Gasteiger partial charge in [-0.25, -0.2) is 4.98 Å². The molecule has 0 bridgehead atoms. The number of pyridine rings is 1. The van der Waals surface area contributed by atoms with Gasteiger partial charge in [0.15, 0.2) is 0 Å². The fourth-order valence-electron chi connectivity index (χ4n) is 3.45. The van der Waals surface area contributed by atoms with Crippen molar-refractivity contribution in [3.8, 4) is 11.5 Å². The molecule has 6 nitrogen and oxygen atoms in total. The maximum absolute atomic E-state index is 6.18. The van der Waals surface area contributed by atoms with E-state index in [2.05, 4.69) is 5.32 Å². The summed E-state index contributed by atoms with van der Waals surface area (Å²) >= 11 is 0. The Morgan fingerprint density at radius 1 is 0.879 bits per heavy atom. The number of ether oxygens (including phenoxy) is 3. The van der Waals surface area contributed by atoms with E-state index in [9.17, 15) is 0 Å². The first-order valence-electron chi connectivity index (χ1n) is 11.0. The number of rotatable bonds is 11. The summed E-state index contributed by atoms with van der Waals surface area (Å²) in [5.74, 6) is 2.32. The molecule has 4 aromatic rings. The van der Waals surface area contributed by atoms with Crippen LogP contribution in [-0.2, 0) is 18.0 Å². The molecule has 1 atom stereocenters. The van der Waals surface area contributed by atoms with Crippen LogP contribution in [0.4, 0.5) is 5.82 Å². The highest BCUT2D eigenvalue weighted by atomic mass is 16.5. The van der Waals surface area contributed by atoms with Gasteiger partial charge in [0, 0.05) is 24.5 Å². The first-order chi connectivity index (χ1) is 16.2. The number of hydrogen-bond donors (Lipinski definition) is 2. The van der Waals surface area contributed by atoms with E-state index in [0.717, 1.165) is 39.3 Å². The number of aromatic nitrogens is 1. The Balaban J connectivity index is 1.43. The van der Waals surface area contributed by atoms with Crippen molar-refractivity contribution >= 4 is 16.7 Å². The molecule has 0 aliphatic heterocycles. The topological polar surface area (TPSA) is 78.6 Å². The van der Waals surface area contributed by atoms with Crippen molar-refractivity contribution in [2.75, 3.05) is 25.5 Å². The standard InChI is InChI=1S/C27H29N3O3/c1-31-22-13-11-21(12-14-22)19-33-26-15-27(30-25-10-6-5-9-24(25)26)29-17-23(16-28)32-18-20-7-3-2-4-8-20/h2-15,23H,16-19,28H2,1H3,(H,29,30). The minimum atomic E-state index is -0.137. The molecule has 4 rings (SSSR count). The first-order valence-corrected chi connectivity index (χ1v) is 11.0. The van der Waals surface area contributed by atoms with E-state index < -0.39 is 0 Å². The highest BCUT2D eigenvalue weighted by molar-refractivity contribution is 5.86. The van der Waals surface area contributed by atoms with Gasteiger partial charge in [0.25, 0.3) is 0 Å². The zero-order chi connectivity index (χ0) is 22.9. The Hall–Kier alpha value is -3.61. The minimum Gasteiger partial charge on any atom is -0.497 e. The van der Waals surface area contributed by atoms with Gasteiger partial charge in [0.05, 0.1) is 25.3 Å². The summed E-state index contributed by atoms with van der Waals surface area (Å²) in [5, 5.41) is 4.33. The van der Waals surface area contributed by atoms with Gasteiger partial charge in [-0.3, -0.25) is 0 Å². The van der Waals surface area contributed by atoms with E-state index in [1.807, 2.05) is 84.9 Å². The molecule has 0 aliphatic rings. The number of fused-ring (bicyclic) bond motifs is 1. The highest BCUT2D eigenvalue weighted by Crippen LogP contribution is 2.28. The average molecular weight is 444 g/mol. The Kier molecular flexibility index (Phi) is 7.74. The summed E-state index contributed by atoms with van der Waals surface area (Å²) < 4.78 is 17.4. The lowest BCUT2D eigenvalue weighted by Crippen LogP contribution is -2.31. The van der Waals surface area contributed by atoms with Gasteiger partial charge >= 0.3 is 0 Å². The number of nitrogens with one attached hydrogen (secondary N) is 1. The predicted octanol–water partition coefficient (Wildman–Crippen LogP) is 4.78. The third kappa shape index (κ3) is 6.22. The van der Waals surface area contributed by atoms with Crippen LogP contribution in [0.2, 0.25) is 0 Å². The summed E-state index contributed by atoms with van der Waals surface area (Å²) in [7, 11) is 1.66. The van der Waals surface area contributed by atoms with Crippen molar-refractivity contribution in [1.82, 2.24) is 4.98 Å². The molecule has 0 spiro atoms. The van der Waals surface area contributed by atoms with Gasteiger partial charge < -0.3 is 25.3 Å². The van der Waals surface area contributed by atoms with Crippen LogP contribution in [-0.4, -0.2) is 31.3 Å². The molecule has 6 heteroatoms. The second-order valence-corrected chi connectivity index (χ2v) is 7.69. The Morgan fingerprint density at radius 2 is 1.61 bits per heavy atom. The van der Waals surface area contributed by atoms with Crippen molar-refractivity contribution < 1.29 is 14.2 Å². The molecular weight excluding hydrogens is 414 g/mol. The van der Waals surface area contributed by atoms with Crippen LogP contribution in [0.1, 0.15) is 11.1 Å². The molecule has 33 heavy (non-hydrogen) atoms. The molecule has 170 valence electrons. The third-order valence-electron chi connectivity index (χ3n) is 5.33. The molecule has 0 aliphatic carbocycles. The first kappa shape index (κ1) is 22.6. The molecule has 0 fully saturated rings. The monoisotopic (exact) mass is 443 g/mol. The van der Waals surface area contributed by atoms with Crippen LogP contribution in [0, 0.1) is 0 Å². The van der Waals surface area contributed by atoms with E-state index in [1.165, 1.54) is 0 Å². The van der Waals surface area contributed by atoms with E-state index in [0.29, 0.717) is 26.3 Å². The Morgan fingerprint density at radius 3 is 2.36 bits per heavy atom. The number of hydrogen-bond acceptors (Lipinski definition) is 6. The zero-order valence-electron chi connectivity index (χ0n) is 18.7. The second-order valence-electron chi connectivity index (χ2n) is 7.69. The van der Waals surface area contributed by atoms with Crippen LogP contribution < -0.4 is 20.5 Å². The van der Waals surface area contributed by atoms with Crippen LogP contribution in [0.3, 0.4) is 0 Å². The van der Waals surface area contributed by atoms with Gasteiger partial charge in [0.1, 0.15) is 23.9 Å². The summed E-state index contributed by atoms with van der Waals surface area (Å²) in [6.45, 7) is 1.93. The number of benzene rings is 3. The molecule has 3 N–H and O–H groups in total. The highest BCUT2D eigenvalue weighted by Gasteiger charge is 2.11. The van der Waals surface area contributed by atoms with E-state index in [-0.39, 0.29) is 6.10 Å². The lowest BCUT2D eigenvalue weighted by atomic mass is 10.2. The average Bonchev–Trinajstić information content (AvgIpc) is 2.88. The molecular formula is C27H29N3O3. The maximum Gasteiger partial charge on any atom is 0.132 e. The largest absolute Gasteiger partial charge is 0.497 e. The van der Waals surface area contributed by atoms with Crippen LogP contribution in [0.5, 0.6) is 11.5 Å². The van der Waals surface area contributed by atoms with Crippen LogP contribution in [0.15, 0.2) is 84.9 Å². The quantitative estimate of drug-likeness (QED) is 0.347. The van der Waals surface area contributed by atoms with Crippen molar-refractivity contribution in [3.63, 3.8) is 0 Å². The van der Waals surface area contributed by atoms with Crippen molar-refractivity contribution in [3.05, 3.63) is 96.1 Å². The van der Waals surface area contributed by atoms with Gasteiger partial charge in [-0.15, -0.1) is 0 Å². The van der Waals surface area contributed by atoms with Gasteiger partial charge in [-0.05, 0) is 35.4 Å². The Labute approximate surface area is 194 Å². The van der Waals surface area contributed by atoms with E-state index in [4.69, 9.17) is 24.9 Å². The fourth-order valence-corrected chi connectivity index (χ4v) is 3.45. The lowest BCUT2D eigenvalue weighted by Gasteiger charge is -2.18. The molecule has 0 saturated heterocycles. The number of anilines is 1. The predicted molar refractivity (Wildman–Crippen MR) is 132 cm³/mol. The molecule has 1 unspecified atom stereocenters. The Bertz CT molecular complexity index is 1150. The molecule has 1 aromatic heterocycles. The summed E-state index contributed by atoms with van der Waals surface area (Å²) in [5.41, 5.74) is 8.98. The number of methoxy groups -OCH3 is 1. The number of para-hydroxylation sites is 1. The smallest absolute Gasteiger partial charge is 0.132 e. The number of nitrogens with two attached hydrogens (primary N) is 1. The summed E-state index contributed by atoms with van der Waals surface area (Å²) in [6.07, 6.45) is -0.137. The van der Waals surface area contributed by atoms with Crippen molar-refractivity contribution in [1.29, 1.82) is 0 Å². The molecule has 0 saturated carbocycles. The third-order valence-corrected chi connectivity index (χ3v) is 5.33. The number of nitrogens with zero attached hydrogens (tertiary/aromatic N) is 1. The SMILES string of the molecule is COc1ccc(COc2cc(NCC(CN)OCc3ccccc3)nc3ccccc23)cc1. The minimum absolute atomic E-state index is 0.137. The van der Waals surface area contributed by atoms with Crippen molar-refractivity contribution in [2.24, 2.45) is 5.73 Å². The lowest BCUT2D eigenvalue weighted by molar-refractivity contribution is 0.0549. The van der Waals surface area contributed by atoms with Crippen molar-refractivity contribution in [2.45, 2.75) is 19.3 Å². The molecule has 1 heterocycles. The van der Waals surface area contributed by atoms with Gasteiger partial charge in [0.2, 0.25) is 0 Å².